The summed E-state index contributed by atoms with van der Waals surface area (Å²) < 4.78 is 0. The van der Waals surface area contributed by atoms with Gasteiger partial charge < -0.3 is 4.90 Å². The molecule has 0 N–H and O–H groups in total. The van der Waals surface area contributed by atoms with E-state index in [9.17, 15) is 0 Å². The Hall–Kier alpha value is -0.460. The highest BCUT2D eigenvalue weighted by Gasteiger charge is 2.04. The molecule has 0 bridgehead atoms. The Morgan fingerprint density at radius 3 is 1.86 bits per heavy atom. The van der Waals surface area contributed by atoms with Crippen molar-refractivity contribution < 1.29 is 0 Å². The maximum atomic E-state index is 2.45. The van der Waals surface area contributed by atoms with Crippen molar-refractivity contribution in [3.05, 3.63) is 12.3 Å². The van der Waals surface area contributed by atoms with Crippen LogP contribution in [0.2, 0.25) is 0 Å². The third-order valence-corrected chi connectivity index (χ3v) is 1.97. The highest BCUT2D eigenvalue weighted by atomic mass is 15.1. The lowest BCUT2D eigenvalue weighted by Crippen LogP contribution is -2.26. The third kappa shape index (κ3) is 8.15. The van der Waals surface area contributed by atoms with Gasteiger partial charge in [-0.2, -0.15) is 0 Å². The Morgan fingerprint density at radius 2 is 1.50 bits per heavy atom. The van der Waals surface area contributed by atoms with E-state index in [2.05, 4.69) is 51.8 Å². The van der Waals surface area contributed by atoms with Crippen molar-refractivity contribution in [2.24, 2.45) is 11.8 Å². The lowest BCUT2D eigenvalue weighted by molar-refractivity contribution is 0.296. The minimum Gasteiger partial charge on any atom is -0.377 e. The third-order valence-electron chi connectivity index (χ3n) is 1.97. The normalized spacial score (nSPS) is 11.9. The summed E-state index contributed by atoms with van der Waals surface area (Å²) in [5.74, 6) is 1.50. The average molecular weight is 197 g/mol. The quantitative estimate of drug-likeness (QED) is 0.598. The van der Waals surface area contributed by atoms with Crippen LogP contribution in [0, 0.1) is 11.8 Å². The number of unbranched alkanes of at least 4 members (excludes halogenated alkanes) is 1. The molecule has 0 heterocycles. The van der Waals surface area contributed by atoms with Crippen LogP contribution < -0.4 is 0 Å². The lowest BCUT2D eigenvalue weighted by Gasteiger charge is -2.24. The van der Waals surface area contributed by atoms with Crippen molar-refractivity contribution in [3.63, 3.8) is 0 Å². The molecule has 0 saturated heterocycles. The zero-order valence-corrected chi connectivity index (χ0v) is 10.6. The molecule has 0 aromatic carbocycles. The minimum atomic E-state index is 0.750. The predicted molar refractivity (Wildman–Crippen MR) is 65.3 cm³/mol. The molecule has 0 aliphatic rings. The smallest absolute Gasteiger partial charge is 0.0195 e. The second kappa shape index (κ2) is 7.90. The van der Waals surface area contributed by atoms with Gasteiger partial charge in [-0.05, 0) is 24.5 Å². The van der Waals surface area contributed by atoms with E-state index in [1.807, 2.05) is 0 Å². The first-order valence-corrected chi connectivity index (χ1v) is 5.97. The predicted octanol–water partition coefficient (Wildman–Crippen LogP) is 3.91. The number of nitrogens with zero attached hydrogens (tertiary/aromatic N) is 1. The van der Waals surface area contributed by atoms with Gasteiger partial charge in [0.25, 0.3) is 0 Å². The first-order chi connectivity index (χ1) is 6.56. The van der Waals surface area contributed by atoms with Gasteiger partial charge in [0.15, 0.2) is 0 Å². The van der Waals surface area contributed by atoms with E-state index in [1.54, 1.807) is 0 Å². The molecule has 0 amide bonds. The van der Waals surface area contributed by atoms with Crippen LogP contribution in [-0.4, -0.2) is 18.0 Å². The molecule has 0 atom stereocenters. The van der Waals surface area contributed by atoms with Crippen LogP contribution in [0.1, 0.15) is 47.5 Å². The second-order valence-electron chi connectivity index (χ2n) is 4.92. The molecule has 0 aliphatic heterocycles. The van der Waals surface area contributed by atoms with E-state index in [1.165, 1.54) is 25.9 Å². The minimum absolute atomic E-state index is 0.750. The van der Waals surface area contributed by atoms with Crippen molar-refractivity contribution in [2.75, 3.05) is 13.1 Å². The van der Waals surface area contributed by atoms with Crippen LogP contribution in [0.15, 0.2) is 12.3 Å². The van der Waals surface area contributed by atoms with E-state index >= 15 is 0 Å². The molecule has 0 spiro atoms. The van der Waals surface area contributed by atoms with E-state index in [4.69, 9.17) is 0 Å². The maximum absolute atomic E-state index is 2.45. The van der Waals surface area contributed by atoms with Crippen LogP contribution in [0.25, 0.3) is 0 Å². The van der Waals surface area contributed by atoms with E-state index in [0.717, 1.165) is 11.8 Å². The van der Waals surface area contributed by atoms with Crippen molar-refractivity contribution >= 4 is 0 Å². The van der Waals surface area contributed by atoms with E-state index in [0.29, 0.717) is 0 Å². The van der Waals surface area contributed by atoms with E-state index < -0.39 is 0 Å². The van der Waals surface area contributed by atoms with Crippen LogP contribution >= 0.6 is 0 Å². The Bertz CT molecular complexity index is 137. The van der Waals surface area contributed by atoms with Crippen LogP contribution in [0.4, 0.5) is 0 Å². The molecule has 0 aliphatic carbocycles. The maximum Gasteiger partial charge on any atom is 0.0195 e. The topological polar surface area (TPSA) is 3.24 Å². The standard InChI is InChI=1S/C13H27N/c1-6-7-8-9-14(10-12(2)3)11-13(4)5/h8-9,12-13H,6-7,10-11H2,1-5H3. The zero-order chi connectivity index (χ0) is 11.0. The van der Waals surface area contributed by atoms with Gasteiger partial charge in [-0.25, -0.2) is 0 Å². The lowest BCUT2D eigenvalue weighted by atomic mass is 10.1. The summed E-state index contributed by atoms with van der Waals surface area (Å²) in [6.07, 6.45) is 7.02. The average Bonchev–Trinajstić information content (AvgIpc) is 2.02. The largest absolute Gasteiger partial charge is 0.377 e. The first kappa shape index (κ1) is 13.5. The van der Waals surface area contributed by atoms with Crippen LogP contribution in [-0.2, 0) is 0 Å². The van der Waals surface area contributed by atoms with Gasteiger partial charge >= 0.3 is 0 Å². The molecule has 0 radical (unpaired) electrons. The molecule has 0 aromatic rings. The first-order valence-electron chi connectivity index (χ1n) is 5.97. The Labute approximate surface area is 90.2 Å². The summed E-state index contributed by atoms with van der Waals surface area (Å²) in [6, 6.07) is 0. The molecule has 1 nitrogen and oxygen atoms in total. The van der Waals surface area contributed by atoms with Crippen LogP contribution in [0.3, 0.4) is 0 Å². The summed E-state index contributed by atoms with van der Waals surface area (Å²) in [5.41, 5.74) is 0. The van der Waals surface area contributed by atoms with Crippen LogP contribution in [0.5, 0.6) is 0 Å². The van der Waals surface area contributed by atoms with Gasteiger partial charge in [0.2, 0.25) is 0 Å². The summed E-state index contributed by atoms with van der Waals surface area (Å²) >= 11 is 0. The van der Waals surface area contributed by atoms with Crippen molar-refractivity contribution in [1.29, 1.82) is 0 Å². The fraction of sp³-hybridized carbons (Fsp3) is 0.846. The molecular weight excluding hydrogens is 170 g/mol. The second-order valence-corrected chi connectivity index (χ2v) is 4.92. The number of hydrogen-bond acceptors (Lipinski definition) is 1. The molecule has 0 rings (SSSR count). The molecule has 0 unspecified atom stereocenters. The summed E-state index contributed by atoms with van der Waals surface area (Å²) in [6.45, 7) is 13.7. The fourth-order valence-corrected chi connectivity index (χ4v) is 1.52. The Kier molecular flexibility index (Phi) is 7.64. The van der Waals surface area contributed by atoms with Gasteiger partial charge in [-0.15, -0.1) is 0 Å². The van der Waals surface area contributed by atoms with Gasteiger partial charge in [0.1, 0.15) is 0 Å². The number of allylic oxidation sites excluding steroid dienone is 1. The molecular formula is C13H27N. The molecule has 84 valence electrons. The van der Waals surface area contributed by atoms with Crippen molar-refractivity contribution in [2.45, 2.75) is 47.5 Å². The van der Waals surface area contributed by atoms with Gasteiger partial charge in [0.05, 0.1) is 0 Å². The molecule has 1 heteroatoms. The fourth-order valence-electron chi connectivity index (χ4n) is 1.52. The van der Waals surface area contributed by atoms with Gasteiger partial charge in [-0.1, -0.05) is 47.1 Å². The number of hydrogen-bond donors (Lipinski definition) is 0. The van der Waals surface area contributed by atoms with Gasteiger partial charge in [-0.3, -0.25) is 0 Å². The highest BCUT2D eigenvalue weighted by Crippen LogP contribution is 2.05. The molecule has 0 fully saturated rings. The highest BCUT2D eigenvalue weighted by molar-refractivity contribution is 4.83. The number of rotatable bonds is 7. The SMILES string of the molecule is CCCC=CN(CC(C)C)CC(C)C. The monoisotopic (exact) mass is 197 g/mol. The van der Waals surface area contributed by atoms with Crippen molar-refractivity contribution in [3.8, 4) is 0 Å². The Morgan fingerprint density at radius 1 is 1.00 bits per heavy atom. The molecule has 14 heavy (non-hydrogen) atoms. The summed E-state index contributed by atoms with van der Waals surface area (Å²) in [5, 5.41) is 0. The molecule has 0 aromatic heterocycles. The zero-order valence-electron chi connectivity index (χ0n) is 10.6. The van der Waals surface area contributed by atoms with Crippen molar-refractivity contribution in [1.82, 2.24) is 4.90 Å². The Balaban J connectivity index is 3.96. The van der Waals surface area contributed by atoms with E-state index in [-0.39, 0.29) is 0 Å². The summed E-state index contributed by atoms with van der Waals surface area (Å²) in [4.78, 5) is 2.45. The van der Waals surface area contributed by atoms with Gasteiger partial charge in [0, 0.05) is 13.1 Å². The molecule has 0 saturated carbocycles. The summed E-state index contributed by atoms with van der Waals surface area (Å²) in [7, 11) is 0.